The number of carbonyl (C=O) groups is 2. The highest BCUT2D eigenvalue weighted by molar-refractivity contribution is 8.14. The van der Waals surface area contributed by atoms with Crippen molar-refractivity contribution in [3.05, 3.63) is 60.2 Å². The number of anilines is 2. The fraction of sp³-hybridized carbons (Fsp3) is 0.0526. The molecule has 0 atom stereocenters. The summed E-state index contributed by atoms with van der Waals surface area (Å²) in [7, 11) is -3.86. The van der Waals surface area contributed by atoms with E-state index in [1.807, 2.05) is 0 Å². The van der Waals surface area contributed by atoms with Crippen molar-refractivity contribution in [2.45, 2.75) is 16.7 Å². The molecule has 136 valence electrons. The highest BCUT2D eigenvalue weighted by Crippen LogP contribution is 2.42. The smallest absolute Gasteiger partial charge is 0.262 e. The first-order valence-corrected chi connectivity index (χ1v) is 10.3. The first-order valence-electron chi connectivity index (χ1n) is 8.03. The van der Waals surface area contributed by atoms with Gasteiger partial charge in [0.2, 0.25) is 11.0 Å². The van der Waals surface area contributed by atoms with E-state index in [-0.39, 0.29) is 15.9 Å². The van der Waals surface area contributed by atoms with Gasteiger partial charge in [0.05, 0.1) is 4.90 Å². The van der Waals surface area contributed by atoms with Crippen LogP contribution in [0.5, 0.6) is 0 Å². The van der Waals surface area contributed by atoms with Gasteiger partial charge in [0.15, 0.2) is 0 Å². The predicted octanol–water partition coefficient (Wildman–Crippen LogP) is 3.84. The molecule has 0 saturated carbocycles. The van der Waals surface area contributed by atoms with E-state index < -0.39 is 10.0 Å². The van der Waals surface area contributed by atoms with Crippen LogP contribution in [0.15, 0.2) is 64.4 Å². The van der Waals surface area contributed by atoms with Gasteiger partial charge in [-0.2, -0.15) is 0 Å². The summed E-state index contributed by atoms with van der Waals surface area (Å²) in [5.41, 5.74) is 1.48. The van der Waals surface area contributed by atoms with Crippen molar-refractivity contribution in [3.8, 4) is 0 Å². The van der Waals surface area contributed by atoms with Crippen molar-refractivity contribution < 1.29 is 18.0 Å². The summed E-state index contributed by atoms with van der Waals surface area (Å²) in [6, 6.07) is 14.6. The zero-order chi connectivity index (χ0) is 19.2. The highest BCUT2D eigenvalue weighted by atomic mass is 32.2. The van der Waals surface area contributed by atoms with E-state index in [1.54, 1.807) is 48.5 Å². The van der Waals surface area contributed by atoms with Crippen molar-refractivity contribution in [1.29, 1.82) is 0 Å². The van der Waals surface area contributed by atoms with E-state index in [2.05, 4.69) is 10.0 Å². The molecule has 0 radical (unpaired) electrons. The van der Waals surface area contributed by atoms with Crippen LogP contribution in [-0.2, 0) is 14.8 Å². The third-order valence-electron chi connectivity index (χ3n) is 4.13. The second kappa shape index (κ2) is 6.40. The summed E-state index contributed by atoms with van der Waals surface area (Å²) in [4.78, 5) is 24.0. The van der Waals surface area contributed by atoms with Crippen molar-refractivity contribution in [2.75, 3.05) is 10.0 Å². The van der Waals surface area contributed by atoms with Crippen LogP contribution in [-0.4, -0.2) is 19.4 Å². The molecule has 0 spiro atoms. The van der Waals surface area contributed by atoms with E-state index in [0.717, 1.165) is 16.7 Å². The first-order chi connectivity index (χ1) is 12.8. The van der Waals surface area contributed by atoms with Gasteiger partial charge in [-0.25, -0.2) is 8.42 Å². The number of rotatable bonds is 4. The molecule has 2 N–H and O–H groups in total. The monoisotopic (exact) mass is 398 g/mol. The van der Waals surface area contributed by atoms with Gasteiger partial charge in [0, 0.05) is 39.5 Å². The summed E-state index contributed by atoms with van der Waals surface area (Å²) in [6.45, 7) is 1.40. The van der Waals surface area contributed by atoms with Crippen molar-refractivity contribution >= 4 is 55.0 Å². The van der Waals surface area contributed by atoms with Crippen LogP contribution in [0.25, 0.3) is 10.8 Å². The third-order valence-corrected chi connectivity index (χ3v) is 6.54. The Hall–Kier alpha value is -2.84. The Balaban J connectivity index is 1.72. The van der Waals surface area contributed by atoms with Crippen LogP contribution in [0.4, 0.5) is 11.4 Å². The molecule has 4 rings (SSSR count). The standard InChI is InChI=1S/C19H14N2O4S2/c1-11(22)20-12-5-7-13(8-6-12)21-27(24,25)17-10-9-16-18-14(17)3-2-4-15(18)19(23)26-16/h2-10,21H,1H3,(H,20,22). The molecule has 27 heavy (non-hydrogen) atoms. The number of benzene rings is 3. The number of hydrogen-bond acceptors (Lipinski definition) is 5. The van der Waals surface area contributed by atoms with Gasteiger partial charge < -0.3 is 5.32 Å². The molecule has 8 heteroatoms. The van der Waals surface area contributed by atoms with Crippen LogP contribution in [0, 0.1) is 0 Å². The van der Waals surface area contributed by atoms with Crippen LogP contribution >= 0.6 is 11.8 Å². The average Bonchev–Trinajstić information content (AvgIpc) is 2.94. The van der Waals surface area contributed by atoms with Gasteiger partial charge in [0.1, 0.15) is 0 Å². The van der Waals surface area contributed by atoms with Gasteiger partial charge in [-0.15, -0.1) is 0 Å². The minimum absolute atomic E-state index is 0.0772. The van der Waals surface area contributed by atoms with E-state index >= 15 is 0 Å². The van der Waals surface area contributed by atoms with Gasteiger partial charge in [-0.1, -0.05) is 12.1 Å². The van der Waals surface area contributed by atoms with Gasteiger partial charge in [0.25, 0.3) is 10.0 Å². The lowest BCUT2D eigenvalue weighted by Gasteiger charge is -2.12. The van der Waals surface area contributed by atoms with Gasteiger partial charge in [-0.05, 0) is 54.2 Å². The Morgan fingerprint density at radius 1 is 0.963 bits per heavy atom. The molecule has 0 unspecified atom stereocenters. The molecule has 1 amide bonds. The molecule has 0 bridgehead atoms. The molecule has 0 saturated heterocycles. The molecule has 3 aromatic rings. The number of hydrogen-bond donors (Lipinski definition) is 2. The van der Waals surface area contributed by atoms with E-state index in [4.69, 9.17) is 0 Å². The quantitative estimate of drug-likeness (QED) is 0.696. The SMILES string of the molecule is CC(=O)Nc1ccc(NS(=O)(=O)c2ccc3c4c(cccc24)C(=O)S3)cc1. The van der Waals surface area contributed by atoms with Crippen molar-refractivity contribution in [3.63, 3.8) is 0 Å². The minimum Gasteiger partial charge on any atom is -0.326 e. The number of carbonyl (C=O) groups excluding carboxylic acids is 2. The van der Waals surface area contributed by atoms with E-state index in [9.17, 15) is 18.0 Å². The van der Waals surface area contributed by atoms with Crippen molar-refractivity contribution in [1.82, 2.24) is 0 Å². The summed E-state index contributed by atoms with van der Waals surface area (Å²) in [6.07, 6.45) is 0. The highest BCUT2D eigenvalue weighted by Gasteiger charge is 2.27. The summed E-state index contributed by atoms with van der Waals surface area (Å²) in [5.74, 6) is -0.205. The predicted molar refractivity (Wildman–Crippen MR) is 106 cm³/mol. The number of thioether (sulfide) groups is 1. The van der Waals surface area contributed by atoms with Crippen LogP contribution < -0.4 is 10.0 Å². The average molecular weight is 398 g/mol. The molecule has 6 nitrogen and oxygen atoms in total. The Morgan fingerprint density at radius 2 is 1.67 bits per heavy atom. The van der Waals surface area contributed by atoms with Crippen LogP contribution in [0.2, 0.25) is 0 Å². The molecular weight excluding hydrogens is 384 g/mol. The maximum Gasteiger partial charge on any atom is 0.262 e. The van der Waals surface area contributed by atoms with E-state index in [1.165, 1.54) is 13.0 Å². The second-order valence-corrected chi connectivity index (χ2v) is 8.71. The minimum atomic E-state index is -3.86. The van der Waals surface area contributed by atoms with Crippen LogP contribution in [0.3, 0.4) is 0 Å². The Labute approximate surface area is 160 Å². The third kappa shape index (κ3) is 3.17. The molecule has 1 heterocycles. The molecule has 1 aliphatic rings. The van der Waals surface area contributed by atoms with Gasteiger partial charge in [-0.3, -0.25) is 14.3 Å². The Bertz CT molecular complexity index is 1200. The summed E-state index contributed by atoms with van der Waals surface area (Å²) in [5, 5.41) is 3.74. The van der Waals surface area contributed by atoms with Crippen LogP contribution in [0.1, 0.15) is 17.3 Å². The molecule has 1 aliphatic heterocycles. The second-order valence-electron chi connectivity index (χ2n) is 6.04. The lowest BCUT2D eigenvalue weighted by Crippen LogP contribution is -2.13. The zero-order valence-electron chi connectivity index (χ0n) is 14.1. The normalized spacial score (nSPS) is 13.0. The largest absolute Gasteiger partial charge is 0.326 e. The maximum absolute atomic E-state index is 12.9. The maximum atomic E-state index is 12.9. The topological polar surface area (TPSA) is 92.3 Å². The van der Waals surface area contributed by atoms with Gasteiger partial charge >= 0.3 is 0 Å². The summed E-state index contributed by atoms with van der Waals surface area (Å²) >= 11 is 1.11. The molecule has 0 fully saturated rings. The number of nitrogens with one attached hydrogen (secondary N) is 2. The first kappa shape index (κ1) is 17.6. The Kier molecular flexibility index (Phi) is 4.16. The zero-order valence-corrected chi connectivity index (χ0v) is 15.8. The fourth-order valence-electron chi connectivity index (χ4n) is 3.03. The molecular formula is C19H14N2O4S2. The van der Waals surface area contributed by atoms with Crippen molar-refractivity contribution in [2.24, 2.45) is 0 Å². The molecule has 3 aromatic carbocycles. The molecule has 0 aliphatic carbocycles. The number of amides is 1. The lowest BCUT2D eigenvalue weighted by atomic mass is 10.1. The number of sulfonamides is 1. The fourth-order valence-corrected chi connectivity index (χ4v) is 5.23. The molecule has 0 aromatic heterocycles. The Morgan fingerprint density at radius 3 is 2.37 bits per heavy atom. The lowest BCUT2D eigenvalue weighted by molar-refractivity contribution is -0.114. The summed E-state index contributed by atoms with van der Waals surface area (Å²) < 4.78 is 28.4. The van der Waals surface area contributed by atoms with E-state index in [0.29, 0.717) is 27.7 Å².